The summed E-state index contributed by atoms with van der Waals surface area (Å²) in [5, 5.41) is 1.26. The summed E-state index contributed by atoms with van der Waals surface area (Å²) in [5.74, 6) is 6.06. The van der Waals surface area contributed by atoms with Gasteiger partial charge in [0, 0.05) is 12.4 Å². The van der Waals surface area contributed by atoms with Crippen molar-refractivity contribution in [1.82, 2.24) is 19.5 Å². The van der Waals surface area contributed by atoms with E-state index in [1.807, 2.05) is 18.2 Å². The summed E-state index contributed by atoms with van der Waals surface area (Å²) in [6.45, 7) is 0. The maximum absolute atomic E-state index is 12.1. The molecule has 0 aliphatic carbocycles. The molecule has 0 spiro atoms. The largest absolute Gasteiger partial charge is 0.356 e. The molecule has 0 atom stereocenters. The molecule has 0 amide bonds. The topological polar surface area (TPSA) is 89.9 Å². The number of anilines is 2. The van der Waals surface area contributed by atoms with Crippen LogP contribution in [0.3, 0.4) is 0 Å². The maximum atomic E-state index is 12.1. The Morgan fingerprint density at radius 3 is 2.43 bits per heavy atom. The van der Waals surface area contributed by atoms with Crippen molar-refractivity contribution < 1.29 is 0 Å². The van der Waals surface area contributed by atoms with Crippen LogP contribution in [0.15, 0.2) is 66.0 Å². The first kappa shape index (κ1) is 12.9. The van der Waals surface area contributed by atoms with Gasteiger partial charge >= 0.3 is 5.69 Å². The smallest absolute Gasteiger partial charge is 0.265 e. The van der Waals surface area contributed by atoms with Crippen LogP contribution in [0.1, 0.15) is 0 Å². The van der Waals surface area contributed by atoms with Gasteiger partial charge in [-0.25, -0.2) is 20.6 Å². The second-order valence-corrected chi connectivity index (χ2v) is 4.22. The van der Waals surface area contributed by atoms with Gasteiger partial charge in [-0.3, -0.25) is 9.55 Å². The highest BCUT2D eigenvalue weighted by Crippen LogP contribution is 2.15. The predicted octanol–water partition coefficient (Wildman–Crippen LogP) is 1.03. The summed E-state index contributed by atoms with van der Waals surface area (Å²) in [4.78, 5) is 24.0. The van der Waals surface area contributed by atoms with Gasteiger partial charge in [-0.1, -0.05) is 18.2 Å². The number of nitrogens with zero attached hydrogens (tertiary/aromatic N) is 5. The normalized spacial score (nSPS) is 10.3. The van der Waals surface area contributed by atoms with Crippen molar-refractivity contribution in [3.63, 3.8) is 0 Å². The zero-order chi connectivity index (χ0) is 14.7. The molecule has 0 saturated heterocycles. The minimum absolute atomic E-state index is 0.136. The molecule has 2 aromatic heterocycles. The third kappa shape index (κ3) is 2.63. The Morgan fingerprint density at radius 1 is 1.05 bits per heavy atom. The van der Waals surface area contributed by atoms with Crippen molar-refractivity contribution in [2.45, 2.75) is 0 Å². The first-order chi connectivity index (χ1) is 10.3. The van der Waals surface area contributed by atoms with Gasteiger partial charge in [0.05, 0.1) is 11.4 Å². The highest BCUT2D eigenvalue weighted by atomic mass is 16.1. The number of hydrogen-bond donors (Lipinski definition) is 1. The minimum Gasteiger partial charge on any atom is -0.265 e. The van der Waals surface area contributed by atoms with Crippen LogP contribution >= 0.6 is 0 Å². The molecule has 3 rings (SSSR count). The Bertz CT molecular complexity index is 787. The van der Waals surface area contributed by atoms with Gasteiger partial charge in [-0.2, -0.15) is 4.98 Å². The highest BCUT2D eigenvalue weighted by Gasteiger charge is 2.10. The van der Waals surface area contributed by atoms with Crippen LogP contribution in [-0.2, 0) is 0 Å². The lowest BCUT2D eigenvalue weighted by Gasteiger charge is -2.16. The number of hydrogen-bond acceptors (Lipinski definition) is 6. The number of para-hydroxylation sites is 1. The van der Waals surface area contributed by atoms with Crippen LogP contribution in [0.5, 0.6) is 0 Å². The molecule has 0 unspecified atom stereocenters. The van der Waals surface area contributed by atoms with Crippen molar-refractivity contribution in [3.05, 3.63) is 71.7 Å². The number of benzene rings is 1. The summed E-state index contributed by atoms with van der Waals surface area (Å²) in [7, 11) is 0. The molecule has 104 valence electrons. The van der Waals surface area contributed by atoms with Crippen molar-refractivity contribution in [2.75, 3.05) is 5.01 Å². The number of hydrazine groups is 1. The van der Waals surface area contributed by atoms with Gasteiger partial charge in [0.2, 0.25) is 0 Å². The number of aromatic nitrogens is 4. The fourth-order valence-electron chi connectivity index (χ4n) is 1.83. The second kappa shape index (κ2) is 5.51. The Morgan fingerprint density at radius 2 is 1.76 bits per heavy atom. The molecule has 2 N–H and O–H groups in total. The second-order valence-electron chi connectivity index (χ2n) is 4.22. The van der Waals surface area contributed by atoms with E-state index in [1.165, 1.54) is 15.9 Å². The van der Waals surface area contributed by atoms with E-state index in [0.717, 1.165) is 0 Å². The summed E-state index contributed by atoms with van der Waals surface area (Å²) >= 11 is 0. The van der Waals surface area contributed by atoms with E-state index < -0.39 is 5.69 Å². The van der Waals surface area contributed by atoms with Crippen molar-refractivity contribution in [3.8, 4) is 5.69 Å². The van der Waals surface area contributed by atoms with E-state index in [-0.39, 0.29) is 5.95 Å². The molecule has 3 aromatic rings. The van der Waals surface area contributed by atoms with Crippen molar-refractivity contribution >= 4 is 11.6 Å². The van der Waals surface area contributed by atoms with Gasteiger partial charge in [0.25, 0.3) is 5.95 Å². The molecular formula is C14H12N6O. The Hall–Kier alpha value is -3.06. The first-order valence-corrected chi connectivity index (χ1v) is 6.22. The molecule has 21 heavy (non-hydrogen) atoms. The lowest BCUT2D eigenvalue weighted by molar-refractivity contribution is 0.832. The van der Waals surface area contributed by atoms with E-state index in [0.29, 0.717) is 11.4 Å². The highest BCUT2D eigenvalue weighted by molar-refractivity contribution is 5.54. The molecule has 0 bridgehead atoms. The molecular weight excluding hydrogens is 268 g/mol. The van der Waals surface area contributed by atoms with Crippen molar-refractivity contribution in [2.24, 2.45) is 5.84 Å². The average Bonchev–Trinajstić information content (AvgIpc) is 2.55. The monoisotopic (exact) mass is 280 g/mol. The van der Waals surface area contributed by atoms with Gasteiger partial charge < -0.3 is 0 Å². The summed E-state index contributed by atoms with van der Waals surface area (Å²) in [6.07, 6.45) is 4.58. The van der Waals surface area contributed by atoms with Crippen LogP contribution in [0.25, 0.3) is 5.69 Å². The van der Waals surface area contributed by atoms with E-state index in [1.54, 1.807) is 36.7 Å². The molecule has 0 saturated carbocycles. The van der Waals surface area contributed by atoms with Crippen LogP contribution in [0.4, 0.5) is 11.6 Å². The number of nitrogens with two attached hydrogens (primary N) is 1. The fourth-order valence-corrected chi connectivity index (χ4v) is 1.83. The molecule has 1 aromatic carbocycles. The molecule has 0 radical (unpaired) electrons. The average molecular weight is 280 g/mol. The summed E-state index contributed by atoms with van der Waals surface area (Å²) in [6, 6.07) is 12.6. The predicted molar refractivity (Wildman–Crippen MR) is 78.2 cm³/mol. The third-order valence-electron chi connectivity index (χ3n) is 2.88. The minimum atomic E-state index is -0.461. The van der Waals surface area contributed by atoms with E-state index in [2.05, 4.69) is 15.0 Å². The van der Waals surface area contributed by atoms with Gasteiger partial charge in [-0.05, 0) is 24.3 Å². The van der Waals surface area contributed by atoms with Gasteiger partial charge in [-0.15, -0.1) is 0 Å². The van der Waals surface area contributed by atoms with Crippen molar-refractivity contribution in [1.29, 1.82) is 0 Å². The van der Waals surface area contributed by atoms with Crippen LogP contribution in [0.2, 0.25) is 0 Å². The Balaban J connectivity index is 1.97. The summed E-state index contributed by atoms with van der Waals surface area (Å²) < 4.78 is 1.32. The Labute approximate surface area is 120 Å². The van der Waals surface area contributed by atoms with E-state index >= 15 is 0 Å². The molecule has 7 heteroatoms. The summed E-state index contributed by atoms with van der Waals surface area (Å²) in [5.41, 5.74) is 0.876. The van der Waals surface area contributed by atoms with Crippen LogP contribution in [0, 0.1) is 0 Å². The molecule has 0 fully saturated rings. The van der Waals surface area contributed by atoms with Crippen LogP contribution < -0.4 is 16.5 Å². The molecule has 0 aliphatic rings. The van der Waals surface area contributed by atoms with E-state index in [4.69, 9.17) is 5.84 Å². The number of rotatable bonds is 3. The van der Waals surface area contributed by atoms with Crippen LogP contribution in [-0.4, -0.2) is 19.5 Å². The first-order valence-electron chi connectivity index (χ1n) is 6.22. The van der Waals surface area contributed by atoms with Gasteiger partial charge in [0.1, 0.15) is 6.33 Å². The lowest BCUT2D eigenvalue weighted by Crippen LogP contribution is -2.31. The molecule has 7 nitrogen and oxygen atoms in total. The fraction of sp³-hybridized carbons (Fsp3) is 0. The quantitative estimate of drug-likeness (QED) is 0.569. The maximum Gasteiger partial charge on any atom is 0.356 e. The zero-order valence-corrected chi connectivity index (χ0v) is 11.0. The third-order valence-corrected chi connectivity index (χ3v) is 2.88. The van der Waals surface area contributed by atoms with Gasteiger partial charge in [0.15, 0.2) is 0 Å². The number of pyridine rings is 1. The standard InChI is InChI=1S/C14H12N6O/c15-20(12-4-2-1-3-5-12)13-17-10-19(14(21)18-13)11-6-8-16-9-7-11/h1-10H,15H2. The SMILES string of the molecule is NN(c1ccccc1)c1ncn(-c2ccncc2)c(=O)n1. The Kier molecular flexibility index (Phi) is 3.40. The molecule has 0 aliphatic heterocycles. The lowest BCUT2D eigenvalue weighted by atomic mass is 10.3. The van der Waals surface area contributed by atoms with E-state index in [9.17, 15) is 4.79 Å². The molecule has 2 heterocycles. The zero-order valence-electron chi connectivity index (χ0n) is 11.0.